The maximum absolute atomic E-state index is 13.5. The molecule has 0 aromatic heterocycles. The van der Waals surface area contributed by atoms with Crippen molar-refractivity contribution in [3.63, 3.8) is 0 Å². The molecule has 0 fully saturated rings. The smallest absolute Gasteiger partial charge is 0.344 e. The molecule has 1 aliphatic heterocycles. The van der Waals surface area contributed by atoms with Crippen molar-refractivity contribution < 1.29 is 27.5 Å². The van der Waals surface area contributed by atoms with Gasteiger partial charge in [-0.25, -0.2) is 22.3 Å². The molecule has 2 aromatic rings. The van der Waals surface area contributed by atoms with Gasteiger partial charge in [0.1, 0.15) is 0 Å². The zero-order valence-corrected chi connectivity index (χ0v) is 15.9. The summed E-state index contributed by atoms with van der Waals surface area (Å²) >= 11 is 0. The molecule has 142 valence electrons. The lowest BCUT2D eigenvalue weighted by Crippen LogP contribution is -2.61. The summed E-state index contributed by atoms with van der Waals surface area (Å²) in [5, 5.41) is 0. The minimum Gasteiger partial charge on any atom is -0.467 e. The lowest BCUT2D eigenvalue weighted by atomic mass is 9.95. The topological polar surface area (TPSA) is 90.0 Å². The molecule has 0 amide bonds. The Morgan fingerprint density at radius 2 is 1.52 bits per heavy atom. The van der Waals surface area contributed by atoms with E-state index < -0.39 is 27.5 Å². The average molecular weight is 389 g/mol. The molecule has 2 aromatic carbocycles. The van der Waals surface area contributed by atoms with Crippen molar-refractivity contribution >= 4 is 27.6 Å². The number of methoxy groups -OCH3 is 2. The Hall–Kier alpha value is -2.87. The summed E-state index contributed by atoms with van der Waals surface area (Å²) < 4.78 is 37.4. The largest absolute Gasteiger partial charge is 0.467 e. The highest BCUT2D eigenvalue weighted by atomic mass is 32.2. The van der Waals surface area contributed by atoms with E-state index in [2.05, 4.69) is 0 Å². The van der Waals surface area contributed by atoms with Crippen LogP contribution in [-0.4, -0.2) is 40.1 Å². The SMILES string of the molecule is COC(=O)C1(C(=O)OC)Cc2ccccc2N1S(=O)(=O)c1ccc(C)cc1. The van der Waals surface area contributed by atoms with Crippen molar-refractivity contribution in [2.75, 3.05) is 18.5 Å². The molecule has 0 unspecified atom stereocenters. The first kappa shape index (κ1) is 18.9. The van der Waals surface area contributed by atoms with Crippen LogP contribution >= 0.6 is 0 Å². The van der Waals surface area contributed by atoms with Crippen LogP contribution in [-0.2, 0) is 35.5 Å². The number of para-hydroxylation sites is 1. The standard InChI is InChI=1S/C19H19NO6S/c1-13-8-10-15(11-9-13)27(23,24)20-16-7-5-4-6-14(16)12-19(20,17(21)25-2)18(22)26-3/h4-11H,12H2,1-3H3. The van der Waals surface area contributed by atoms with E-state index in [-0.39, 0.29) is 17.0 Å². The predicted molar refractivity (Wildman–Crippen MR) is 97.8 cm³/mol. The van der Waals surface area contributed by atoms with Crippen LogP contribution in [0.4, 0.5) is 5.69 Å². The van der Waals surface area contributed by atoms with Gasteiger partial charge < -0.3 is 9.47 Å². The van der Waals surface area contributed by atoms with Gasteiger partial charge in [-0.3, -0.25) is 0 Å². The van der Waals surface area contributed by atoms with Gasteiger partial charge in [0.15, 0.2) is 0 Å². The fourth-order valence-corrected chi connectivity index (χ4v) is 5.04. The van der Waals surface area contributed by atoms with Gasteiger partial charge in [-0.15, -0.1) is 0 Å². The van der Waals surface area contributed by atoms with Gasteiger partial charge in [-0.05, 0) is 30.7 Å². The molecule has 0 saturated heterocycles. The van der Waals surface area contributed by atoms with E-state index >= 15 is 0 Å². The fraction of sp³-hybridized carbons (Fsp3) is 0.263. The van der Waals surface area contributed by atoms with Crippen molar-refractivity contribution in [2.45, 2.75) is 23.8 Å². The Morgan fingerprint density at radius 1 is 0.963 bits per heavy atom. The summed E-state index contributed by atoms with van der Waals surface area (Å²) in [7, 11) is -2.05. The molecule has 0 radical (unpaired) electrons. The molecular formula is C19H19NO6S. The van der Waals surface area contributed by atoms with Crippen molar-refractivity contribution in [3.05, 3.63) is 59.7 Å². The number of hydrogen-bond acceptors (Lipinski definition) is 6. The molecule has 3 rings (SSSR count). The fourth-order valence-electron chi connectivity index (χ4n) is 3.29. The summed E-state index contributed by atoms with van der Waals surface area (Å²) in [4.78, 5) is 25.4. The Morgan fingerprint density at radius 3 is 2.07 bits per heavy atom. The van der Waals surface area contributed by atoms with E-state index in [1.54, 1.807) is 36.4 Å². The molecule has 1 aliphatic rings. The number of benzene rings is 2. The number of anilines is 1. The molecule has 0 spiro atoms. The molecule has 0 atom stereocenters. The quantitative estimate of drug-likeness (QED) is 0.585. The molecule has 7 nitrogen and oxygen atoms in total. The molecular weight excluding hydrogens is 370 g/mol. The maximum Gasteiger partial charge on any atom is 0.344 e. The monoisotopic (exact) mass is 389 g/mol. The van der Waals surface area contributed by atoms with Crippen LogP contribution in [0.25, 0.3) is 0 Å². The predicted octanol–water partition coefficient (Wildman–Crippen LogP) is 1.83. The van der Waals surface area contributed by atoms with Gasteiger partial charge in [0.05, 0.1) is 24.8 Å². The summed E-state index contributed by atoms with van der Waals surface area (Å²) in [6.45, 7) is 1.83. The Bertz CT molecular complexity index is 981. The molecule has 0 bridgehead atoms. The number of carbonyl (C=O) groups excluding carboxylic acids is 2. The highest BCUT2D eigenvalue weighted by Gasteiger charge is 2.62. The zero-order chi connectivity index (χ0) is 19.8. The van der Waals surface area contributed by atoms with Crippen molar-refractivity contribution in [3.8, 4) is 0 Å². The van der Waals surface area contributed by atoms with E-state index in [0.717, 1.165) is 24.1 Å². The second-order valence-electron chi connectivity index (χ2n) is 6.23. The van der Waals surface area contributed by atoms with Crippen LogP contribution in [0.15, 0.2) is 53.4 Å². The third-order valence-electron chi connectivity index (χ3n) is 4.61. The highest BCUT2D eigenvalue weighted by Crippen LogP contribution is 2.44. The number of aryl methyl sites for hydroxylation is 1. The van der Waals surface area contributed by atoms with E-state index in [1.807, 2.05) is 6.92 Å². The first-order valence-electron chi connectivity index (χ1n) is 8.16. The molecule has 0 saturated carbocycles. The average Bonchev–Trinajstić information content (AvgIpc) is 3.04. The lowest BCUT2D eigenvalue weighted by molar-refractivity contribution is -0.160. The summed E-state index contributed by atoms with van der Waals surface area (Å²) in [5.74, 6) is -2.00. The van der Waals surface area contributed by atoms with Crippen LogP contribution in [0, 0.1) is 6.92 Å². The minimum absolute atomic E-state index is 0.0398. The highest BCUT2D eigenvalue weighted by molar-refractivity contribution is 7.93. The van der Waals surface area contributed by atoms with Crippen molar-refractivity contribution in [1.29, 1.82) is 0 Å². The number of nitrogens with zero attached hydrogens (tertiary/aromatic N) is 1. The van der Waals surface area contributed by atoms with Gasteiger partial charge in [0.25, 0.3) is 15.6 Å². The van der Waals surface area contributed by atoms with Crippen LogP contribution in [0.2, 0.25) is 0 Å². The summed E-state index contributed by atoms with van der Waals surface area (Å²) in [6, 6.07) is 12.7. The third kappa shape index (κ3) is 2.76. The van der Waals surface area contributed by atoms with E-state index in [9.17, 15) is 18.0 Å². The summed E-state index contributed by atoms with van der Waals surface area (Å²) in [5.41, 5.74) is -0.502. The maximum atomic E-state index is 13.5. The Balaban J connectivity index is 2.31. The molecule has 27 heavy (non-hydrogen) atoms. The van der Waals surface area contributed by atoms with Gasteiger partial charge >= 0.3 is 11.9 Å². The molecule has 0 N–H and O–H groups in total. The number of hydrogen-bond donors (Lipinski definition) is 0. The van der Waals surface area contributed by atoms with Crippen molar-refractivity contribution in [1.82, 2.24) is 0 Å². The normalized spacial score (nSPS) is 15.1. The van der Waals surface area contributed by atoms with Crippen molar-refractivity contribution in [2.24, 2.45) is 0 Å². The van der Waals surface area contributed by atoms with E-state index in [4.69, 9.17) is 9.47 Å². The number of rotatable bonds is 4. The van der Waals surface area contributed by atoms with E-state index in [1.165, 1.54) is 12.1 Å². The first-order chi connectivity index (χ1) is 12.8. The molecule has 8 heteroatoms. The van der Waals surface area contributed by atoms with Gasteiger partial charge in [-0.2, -0.15) is 0 Å². The van der Waals surface area contributed by atoms with E-state index in [0.29, 0.717) is 5.56 Å². The second-order valence-corrected chi connectivity index (χ2v) is 8.02. The van der Waals surface area contributed by atoms with Crippen LogP contribution in [0.5, 0.6) is 0 Å². The zero-order valence-electron chi connectivity index (χ0n) is 15.1. The number of esters is 2. The number of sulfonamides is 1. The van der Waals surface area contributed by atoms with Crippen LogP contribution in [0.3, 0.4) is 0 Å². The minimum atomic E-state index is -4.26. The molecule has 1 heterocycles. The lowest BCUT2D eigenvalue weighted by Gasteiger charge is -2.34. The first-order valence-corrected chi connectivity index (χ1v) is 9.60. The summed E-state index contributed by atoms with van der Waals surface area (Å²) in [6.07, 6.45) is -0.173. The number of fused-ring (bicyclic) bond motifs is 1. The number of ether oxygens (including phenoxy) is 2. The van der Waals surface area contributed by atoms with Gasteiger partial charge in [-0.1, -0.05) is 35.9 Å². The van der Waals surface area contributed by atoms with Crippen LogP contribution in [0.1, 0.15) is 11.1 Å². The Kier molecular flexibility index (Phi) is 4.69. The Labute approximate surface area is 157 Å². The van der Waals surface area contributed by atoms with Crippen LogP contribution < -0.4 is 4.31 Å². The van der Waals surface area contributed by atoms with Gasteiger partial charge in [0.2, 0.25) is 0 Å². The number of carbonyl (C=O) groups is 2. The van der Waals surface area contributed by atoms with Gasteiger partial charge in [0, 0.05) is 6.42 Å². The third-order valence-corrected chi connectivity index (χ3v) is 6.47. The molecule has 0 aliphatic carbocycles. The second kappa shape index (κ2) is 6.70.